The number of hydrogen-bond donors (Lipinski definition) is 1. The van der Waals surface area contributed by atoms with Crippen LogP contribution in [0, 0.1) is 0 Å². The van der Waals surface area contributed by atoms with Crippen LogP contribution in [0.4, 0.5) is 0 Å². The van der Waals surface area contributed by atoms with Crippen molar-refractivity contribution < 1.29 is 0 Å². The lowest BCUT2D eigenvalue weighted by atomic mass is 10.3. The Morgan fingerprint density at radius 2 is 1.73 bits per heavy atom. The van der Waals surface area contributed by atoms with Gasteiger partial charge >= 0.3 is 5.69 Å². The van der Waals surface area contributed by atoms with E-state index in [2.05, 4.69) is 17.2 Å². The van der Waals surface area contributed by atoms with Gasteiger partial charge in [0.15, 0.2) is 11.2 Å². The minimum atomic E-state index is -0.259. The number of nitrogens with zero attached hydrogens (tertiary/aromatic N) is 4. The van der Waals surface area contributed by atoms with Gasteiger partial charge in [-0.05, 0) is 27.3 Å². The van der Waals surface area contributed by atoms with Crippen molar-refractivity contribution in [3.05, 3.63) is 26.7 Å². The molecule has 0 aliphatic rings. The fourth-order valence-corrected chi connectivity index (χ4v) is 2.77. The Hall–Kier alpha value is -1.89. The van der Waals surface area contributed by atoms with Gasteiger partial charge in [0.2, 0.25) is 0 Å². The van der Waals surface area contributed by atoms with Gasteiger partial charge in [-0.1, -0.05) is 13.3 Å². The zero-order chi connectivity index (χ0) is 16.3. The number of nitrogens with one attached hydrogen (secondary N) is 1. The number of imidazole rings is 1. The van der Waals surface area contributed by atoms with Crippen molar-refractivity contribution in [3.63, 3.8) is 0 Å². The van der Waals surface area contributed by atoms with Gasteiger partial charge in [-0.3, -0.25) is 13.9 Å². The molecular weight excluding hydrogens is 282 g/mol. The van der Waals surface area contributed by atoms with E-state index in [0.717, 1.165) is 18.7 Å². The Labute approximate surface area is 129 Å². The Kier molecular flexibility index (Phi) is 5.18. The predicted octanol–water partition coefficient (Wildman–Crippen LogP) is 0.919. The summed E-state index contributed by atoms with van der Waals surface area (Å²) in [4.78, 5) is 29.8. The van der Waals surface area contributed by atoms with Gasteiger partial charge < -0.3 is 9.88 Å². The first-order valence-electron chi connectivity index (χ1n) is 7.97. The smallest absolute Gasteiger partial charge is 0.321 e. The molecule has 0 bridgehead atoms. The third-order valence-corrected chi connectivity index (χ3v) is 3.90. The fourth-order valence-electron chi connectivity index (χ4n) is 2.77. The predicted molar refractivity (Wildman–Crippen MR) is 87.3 cm³/mol. The van der Waals surface area contributed by atoms with Gasteiger partial charge in [0.1, 0.15) is 5.82 Å². The van der Waals surface area contributed by atoms with Gasteiger partial charge in [0, 0.05) is 19.6 Å². The molecule has 0 amide bonds. The number of aryl methyl sites for hydroxylation is 2. The van der Waals surface area contributed by atoms with Gasteiger partial charge in [-0.2, -0.15) is 0 Å². The van der Waals surface area contributed by atoms with E-state index in [9.17, 15) is 9.59 Å². The van der Waals surface area contributed by atoms with E-state index in [1.807, 2.05) is 25.5 Å². The van der Waals surface area contributed by atoms with Crippen molar-refractivity contribution in [1.82, 2.24) is 24.0 Å². The maximum absolute atomic E-state index is 12.7. The lowest BCUT2D eigenvalue weighted by Crippen LogP contribution is -2.40. The van der Waals surface area contributed by atoms with Crippen molar-refractivity contribution in [2.45, 2.75) is 59.8 Å². The quantitative estimate of drug-likeness (QED) is 0.825. The first-order valence-corrected chi connectivity index (χ1v) is 7.97. The third kappa shape index (κ3) is 2.61. The average molecular weight is 307 g/mol. The molecule has 0 fully saturated rings. The minimum absolute atomic E-state index is 0.244. The molecule has 7 nitrogen and oxygen atoms in total. The number of aromatic nitrogens is 4. The van der Waals surface area contributed by atoms with Crippen LogP contribution in [0.2, 0.25) is 0 Å². The van der Waals surface area contributed by atoms with Crippen molar-refractivity contribution in [2.75, 3.05) is 7.05 Å². The Balaban J connectivity index is 2.86. The average Bonchev–Trinajstić information content (AvgIpc) is 2.86. The third-order valence-electron chi connectivity index (χ3n) is 3.90. The standard InChI is InChI=1S/C15H25N5O2/c1-5-8-9-20-13-12(14(21)19(7-3)15(20)22)18(6-2)11(17-13)10-16-4/h16H,5-10H2,1-4H3. The van der Waals surface area contributed by atoms with Crippen LogP contribution in [0.15, 0.2) is 9.59 Å². The molecule has 22 heavy (non-hydrogen) atoms. The molecule has 0 saturated carbocycles. The van der Waals surface area contributed by atoms with E-state index >= 15 is 0 Å². The molecule has 0 spiro atoms. The van der Waals surface area contributed by atoms with Gasteiger partial charge in [-0.25, -0.2) is 9.78 Å². The molecule has 0 saturated heterocycles. The molecule has 0 atom stereocenters. The summed E-state index contributed by atoms with van der Waals surface area (Å²) < 4.78 is 4.85. The van der Waals surface area contributed by atoms with Gasteiger partial charge in [0.25, 0.3) is 5.56 Å². The van der Waals surface area contributed by atoms with E-state index < -0.39 is 0 Å². The maximum Gasteiger partial charge on any atom is 0.332 e. The zero-order valence-electron chi connectivity index (χ0n) is 13.8. The Morgan fingerprint density at radius 3 is 2.27 bits per heavy atom. The second kappa shape index (κ2) is 6.91. The lowest BCUT2D eigenvalue weighted by Gasteiger charge is -2.10. The molecule has 0 aliphatic heterocycles. The van der Waals surface area contributed by atoms with Crippen LogP contribution in [0.5, 0.6) is 0 Å². The topological polar surface area (TPSA) is 73.8 Å². The van der Waals surface area contributed by atoms with Crippen molar-refractivity contribution in [3.8, 4) is 0 Å². The van der Waals surface area contributed by atoms with E-state index in [1.54, 1.807) is 4.57 Å². The molecule has 0 radical (unpaired) electrons. The summed E-state index contributed by atoms with van der Waals surface area (Å²) in [7, 11) is 1.84. The molecule has 122 valence electrons. The first kappa shape index (κ1) is 16.5. The van der Waals surface area contributed by atoms with Crippen LogP contribution in [0.3, 0.4) is 0 Å². The van der Waals surface area contributed by atoms with Crippen LogP contribution in [0.25, 0.3) is 11.2 Å². The summed E-state index contributed by atoms with van der Waals surface area (Å²) in [6.45, 7) is 8.06. The summed E-state index contributed by atoms with van der Waals surface area (Å²) in [5.41, 5.74) is 0.544. The lowest BCUT2D eigenvalue weighted by molar-refractivity contribution is 0.560. The summed E-state index contributed by atoms with van der Waals surface area (Å²) in [6, 6.07) is 0. The normalized spacial score (nSPS) is 11.5. The van der Waals surface area contributed by atoms with Crippen molar-refractivity contribution in [2.24, 2.45) is 0 Å². The van der Waals surface area contributed by atoms with Crippen LogP contribution in [-0.2, 0) is 26.2 Å². The molecule has 0 aliphatic carbocycles. The minimum Gasteiger partial charge on any atom is -0.321 e. The zero-order valence-corrected chi connectivity index (χ0v) is 13.8. The summed E-state index contributed by atoms with van der Waals surface area (Å²) >= 11 is 0. The molecule has 0 aromatic carbocycles. The van der Waals surface area contributed by atoms with Crippen LogP contribution in [-0.4, -0.2) is 25.7 Å². The SMILES string of the molecule is CCCCn1c(=O)n(CC)c(=O)c2c1nc(CNC)n2CC. The summed E-state index contributed by atoms with van der Waals surface area (Å²) in [5.74, 6) is 0.788. The molecule has 7 heteroatoms. The summed E-state index contributed by atoms with van der Waals surface area (Å²) in [6.07, 6.45) is 1.87. The largest absolute Gasteiger partial charge is 0.332 e. The molecule has 2 rings (SSSR count). The van der Waals surface area contributed by atoms with E-state index in [4.69, 9.17) is 0 Å². The Bertz CT molecular complexity index is 769. The second-order valence-corrected chi connectivity index (χ2v) is 5.31. The fraction of sp³-hybridized carbons (Fsp3) is 0.667. The van der Waals surface area contributed by atoms with Crippen LogP contribution in [0.1, 0.15) is 39.4 Å². The summed E-state index contributed by atoms with van der Waals surface area (Å²) in [5, 5.41) is 3.07. The highest BCUT2D eigenvalue weighted by atomic mass is 16.2. The van der Waals surface area contributed by atoms with Gasteiger partial charge in [-0.15, -0.1) is 0 Å². The maximum atomic E-state index is 12.7. The Morgan fingerprint density at radius 1 is 1.05 bits per heavy atom. The van der Waals surface area contributed by atoms with Crippen LogP contribution < -0.4 is 16.6 Å². The second-order valence-electron chi connectivity index (χ2n) is 5.31. The van der Waals surface area contributed by atoms with E-state index in [0.29, 0.717) is 37.3 Å². The van der Waals surface area contributed by atoms with Gasteiger partial charge in [0.05, 0.1) is 6.54 Å². The highest BCUT2D eigenvalue weighted by molar-refractivity contribution is 5.71. The molecule has 2 aromatic rings. The number of rotatable bonds is 7. The molecule has 2 heterocycles. The van der Waals surface area contributed by atoms with Crippen molar-refractivity contribution in [1.29, 1.82) is 0 Å². The molecule has 1 N–H and O–H groups in total. The highest BCUT2D eigenvalue weighted by Gasteiger charge is 2.19. The monoisotopic (exact) mass is 307 g/mol. The molecule has 2 aromatic heterocycles. The van der Waals surface area contributed by atoms with E-state index in [-0.39, 0.29) is 11.2 Å². The first-order chi connectivity index (χ1) is 10.6. The van der Waals surface area contributed by atoms with E-state index in [1.165, 1.54) is 4.57 Å². The number of fused-ring (bicyclic) bond motifs is 1. The number of hydrogen-bond acceptors (Lipinski definition) is 4. The van der Waals surface area contributed by atoms with Crippen LogP contribution >= 0.6 is 0 Å². The molecular formula is C15H25N5O2. The van der Waals surface area contributed by atoms with Crippen molar-refractivity contribution >= 4 is 11.2 Å². The highest BCUT2D eigenvalue weighted by Crippen LogP contribution is 2.12. The molecule has 0 unspecified atom stereocenters. The number of unbranched alkanes of at least 4 members (excludes halogenated alkanes) is 1.